The summed E-state index contributed by atoms with van der Waals surface area (Å²) in [5.74, 6) is 0.913. The predicted molar refractivity (Wildman–Crippen MR) is 90.3 cm³/mol. The molecule has 0 radical (unpaired) electrons. The molecule has 2 unspecified atom stereocenters. The van der Waals surface area contributed by atoms with E-state index >= 15 is 0 Å². The molecule has 2 aromatic rings. The van der Waals surface area contributed by atoms with E-state index in [0.29, 0.717) is 0 Å². The van der Waals surface area contributed by atoms with Gasteiger partial charge in [-0.3, -0.25) is 0 Å². The van der Waals surface area contributed by atoms with E-state index < -0.39 is 0 Å². The van der Waals surface area contributed by atoms with Gasteiger partial charge in [-0.25, -0.2) is 4.98 Å². The maximum absolute atomic E-state index is 6.31. The molecule has 0 saturated heterocycles. The second kappa shape index (κ2) is 7.54. The maximum Gasteiger partial charge on any atom is 0.170 e. The normalized spacial score (nSPS) is 14.2. The van der Waals surface area contributed by atoms with Crippen molar-refractivity contribution in [2.45, 2.75) is 42.3 Å². The van der Waals surface area contributed by atoms with Crippen molar-refractivity contribution in [3.8, 4) is 0 Å². The van der Waals surface area contributed by atoms with Gasteiger partial charge in [-0.05, 0) is 35.6 Å². The Morgan fingerprint density at radius 3 is 2.80 bits per heavy atom. The van der Waals surface area contributed by atoms with Crippen molar-refractivity contribution >= 4 is 39.2 Å². The van der Waals surface area contributed by atoms with Crippen molar-refractivity contribution in [2.75, 3.05) is 0 Å². The number of nitrogens with two attached hydrogens (primary N) is 1. The Labute approximate surface area is 136 Å². The van der Waals surface area contributed by atoms with Crippen LogP contribution in [0.3, 0.4) is 0 Å². The van der Waals surface area contributed by atoms with Gasteiger partial charge >= 0.3 is 0 Å². The fraction of sp³-hybridized carbons (Fsp3) is 0.429. The van der Waals surface area contributed by atoms with E-state index in [9.17, 15) is 0 Å². The Morgan fingerprint density at radius 2 is 2.20 bits per heavy atom. The van der Waals surface area contributed by atoms with Crippen molar-refractivity contribution in [2.24, 2.45) is 5.73 Å². The number of benzene rings is 1. The molecule has 20 heavy (non-hydrogen) atoms. The van der Waals surface area contributed by atoms with E-state index in [0.717, 1.165) is 27.5 Å². The lowest BCUT2D eigenvalue weighted by Gasteiger charge is -2.21. The molecule has 0 saturated carbocycles. The van der Waals surface area contributed by atoms with Crippen molar-refractivity contribution in [1.29, 1.82) is 0 Å². The smallest absolute Gasteiger partial charge is 0.170 e. The largest absolute Gasteiger partial charge is 0.326 e. The third kappa shape index (κ3) is 4.04. The maximum atomic E-state index is 6.31. The van der Waals surface area contributed by atoms with E-state index in [1.165, 1.54) is 17.1 Å². The summed E-state index contributed by atoms with van der Waals surface area (Å²) in [5.41, 5.74) is 7.54. The van der Waals surface area contributed by atoms with Gasteiger partial charge in [-0.2, -0.15) is 4.37 Å². The van der Waals surface area contributed by atoms with Gasteiger partial charge in [0, 0.05) is 16.9 Å². The first kappa shape index (κ1) is 15.9. The molecule has 3 nitrogen and oxygen atoms in total. The summed E-state index contributed by atoms with van der Waals surface area (Å²) in [6.45, 7) is 4.19. The Bertz CT molecular complexity index is 559. The lowest BCUT2D eigenvalue weighted by atomic mass is 10.0. The Balaban J connectivity index is 2.23. The molecule has 0 spiro atoms. The van der Waals surface area contributed by atoms with Crippen LogP contribution in [0, 0.1) is 0 Å². The number of thioether (sulfide) groups is 1. The van der Waals surface area contributed by atoms with Gasteiger partial charge in [0.2, 0.25) is 0 Å². The van der Waals surface area contributed by atoms with E-state index in [1.54, 1.807) is 11.8 Å². The van der Waals surface area contributed by atoms with Crippen molar-refractivity contribution in [3.63, 3.8) is 0 Å². The first-order chi connectivity index (χ1) is 9.63. The monoisotopic (exact) mass is 371 g/mol. The summed E-state index contributed by atoms with van der Waals surface area (Å²) in [4.78, 5) is 4.54. The van der Waals surface area contributed by atoms with Crippen molar-refractivity contribution in [3.05, 3.63) is 40.1 Å². The average Bonchev–Trinajstić information content (AvgIpc) is 2.91. The fourth-order valence-electron chi connectivity index (χ4n) is 1.84. The summed E-state index contributed by atoms with van der Waals surface area (Å²) in [7, 11) is 0. The van der Waals surface area contributed by atoms with Gasteiger partial charge in [0.15, 0.2) is 4.34 Å². The minimum absolute atomic E-state index is 0.100. The Kier molecular flexibility index (Phi) is 6.01. The van der Waals surface area contributed by atoms with Crippen molar-refractivity contribution in [1.82, 2.24) is 9.36 Å². The quantitative estimate of drug-likeness (QED) is 0.762. The minimum atomic E-state index is 0.100. The molecule has 1 heterocycles. The molecule has 2 N–H and O–H groups in total. The topological polar surface area (TPSA) is 51.8 Å². The number of hydrogen-bond acceptors (Lipinski definition) is 5. The van der Waals surface area contributed by atoms with Crippen LogP contribution in [-0.4, -0.2) is 15.4 Å². The van der Waals surface area contributed by atoms with Crippen LogP contribution in [0.2, 0.25) is 0 Å². The van der Waals surface area contributed by atoms with E-state index in [-0.39, 0.29) is 11.3 Å². The molecule has 1 aromatic carbocycles. The lowest BCUT2D eigenvalue weighted by molar-refractivity contribution is 0.634. The highest BCUT2D eigenvalue weighted by Gasteiger charge is 2.22. The van der Waals surface area contributed by atoms with Crippen LogP contribution in [0.5, 0.6) is 0 Å². The fourth-order valence-corrected chi connectivity index (χ4v) is 4.38. The van der Waals surface area contributed by atoms with Crippen LogP contribution < -0.4 is 5.73 Å². The van der Waals surface area contributed by atoms with Crippen LogP contribution >= 0.6 is 39.2 Å². The van der Waals surface area contributed by atoms with Crippen LogP contribution in [0.1, 0.15) is 36.9 Å². The van der Waals surface area contributed by atoms with E-state index in [1.807, 2.05) is 12.1 Å². The van der Waals surface area contributed by atoms with Gasteiger partial charge in [-0.1, -0.05) is 53.7 Å². The molecule has 2 atom stereocenters. The molecule has 2 rings (SSSR count). The third-order valence-corrected chi connectivity index (χ3v) is 5.75. The number of aromatic nitrogens is 2. The first-order valence-corrected chi connectivity index (χ1v) is 9.09. The molecule has 0 aliphatic heterocycles. The SMILES string of the molecule is CCc1nsc(SC(c2cccc(Br)c2)C(N)CC)n1. The number of aryl methyl sites for hydroxylation is 1. The summed E-state index contributed by atoms with van der Waals surface area (Å²) in [6, 6.07) is 8.44. The van der Waals surface area contributed by atoms with Crippen LogP contribution in [0.25, 0.3) is 0 Å². The number of hydrogen-bond donors (Lipinski definition) is 1. The van der Waals surface area contributed by atoms with E-state index in [4.69, 9.17) is 5.73 Å². The summed E-state index contributed by atoms with van der Waals surface area (Å²) >= 11 is 6.71. The zero-order valence-electron chi connectivity index (χ0n) is 11.5. The van der Waals surface area contributed by atoms with E-state index in [2.05, 4.69) is 51.3 Å². The molecular formula is C14H18BrN3S2. The zero-order chi connectivity index (χ0) is 14.5. The molecule has 0 bridgehead atoms. The van der Waals surface area contributed by atoms with Gasteiger partial charge in [0.25, 0.3) is 0 Å². The number of nitrogens with zero attached hydrogens (tertiary/aromatic N) is 2. The lowest BCUT2D eigenvalue weighted by Crippen LogP contribution is -2.25. The van der Waals surface area contributed by atoms with Gasteiger partial charge < -0.3 is 5.73 Å². The number of halogens is 1. The molecule has 0 aliphatic rings. The van der Waals surface area contributed by atoms with Crippen LogP contribution in [0.15, 0.2) is 33.1 Å². The molecule has 0 aliphatic carbocycles. The molecule has 1 aromatic heterocycles. The van der Waals surface area contributed by atoms with Crippen molar-refractivity contribution < 1.29 is 0 Å². The summed E-state index contributed by atoms with van der Waals surface area (Å²) in [6.07, 6.45) is 1.81. The Hall–Kier alpha value is -0.430. The molecule has 0 fully saturated rings. The highest BCUT2D eigenvalue weighted by Crippen LogP contribution is 2.39. The highest BCUT2D eigenvalue weighted by atomic mass is 79.9. The number of rotatable bonds is 6. The average molecular weight is 372 g/mol. The van der Waals surface area contributed by atoms with Gasteiger partial charge in [-0.15, -0.1) is 0 Å². The van der Waals surface area contributed by atoms with Gasteiger partial charge in [0.1, 0.15) is 5.82 Å². The second-order valence-electron chi connectivity index (χ2n) is 4.50. The highest BCUT2D eigenvalue weighted by molar-refractivity contribution is 9.10. The first-order valence-electron chi connectivity index (χ1n) is 6.64. The molecule has 108 valence electrons. The zero-order valence-corrected chi connectivity index (χ0v) is 14.8. The molecule has 0 amide bonds. The minimum Gasteiger partial charge on any atom is -0.326 e. The standard InChI is InChI=1S/C14H18BrN3S2/c1-3-11(16)13(9-6-5-7-10(15)8-9)19-14-17-12(4-2)18-20-14/h5-8,11,13H,3-4,16H2,1-2H3. The second-order valence-corrected chi connectivity index (χ2v) is 7.55. The van der Waals surface area contributed by atoms with Crippen LogP contribution in [0.4, 0.5) is 0 Å². The van der Waals surface area contributed by atoms with Crippen LogP contribution in [-0.2, 0) is 6.42 Å². The summed E-state index contributed by atoms with van der Waals surface area (Å²) < 4.78 is 6.42. The predicted octanol–water partition coefficient (Wildman–Crippen LogP) is 4.43. The van der Waals surface area contributed by atoms with Gasteiger partial charge in [0.05, 0.1) is 5.25 Å². The Morgan fingerprint density at radius 1 is 1.40 bits per heavy atom. The molecule has 6 heteroatoms. The molecular weight excluding hydrogens is 354 g/mol. The third-order valence-electron chi connectivity index (χ3n) is 3.03. The summed E-state index contributed by atoms with van der Waals surface area (Å²) in [5, 5.41) is 0.204.